The number of imidazole rings is 1. The second kappa shape index (κ2) is 8.29. The molecule has 0 bridgehead atoms. The molecule has 0 aliphatic rings. The summed E-state index contributed by atoms with van der Waals surface area (Å²) in [4.78, 5) is 16.9. The van der Waals surface area contributed by atoms with Gasteiger partial charge in [-0.3, -0.25) is 9.36 Å². The van der Waals surface area contributed by atoms with E-state index >= 15 is 0 Å². The molecule has 1 N–H and O–H groups in total. The number of terminal acetylenes is 1. The molecule has 32 heavy (non-hydrogen) atoms. The maximum absolute atomic E-state index is 12.6. The molecule has 3 aromatic carbocycles. The molecule has 4 rings (SSSR count). The van der Waals surface area contributed by atoms with E-state index < -0.39 is 12.1 Å². The molecule has 0 aliphatic carbocycles. The lowest BCUT2D eigenvalue weighted by Crippen LogP contribution is -2.17. The van der Waals surface area contributed by atoms with Crippen molar-refractivity contribution < 1.29 is 22.7 Å². The Hall–Kier alpha value is -3.96. The van der Waals surface area contributed by atoms with Crippen LogP contribution in [-0.2, 0) is 0 Å². The number of carbonyl (C=O) groups excluding carboxylic acids is 1. The van der Waals surface area contributed by atoms with Gasteiger partial charge in [0.15, 0.2) is 5.82 Å². The van der Waals surface area contributed by atoms with E-state index in [1.165, 1.54) is 12.1 Å². The fourth-order valence-electron chi connectivity index (χ4n) is 3.14. The lowest BCUT2D eigenvalue weighted by Gasteiger charge is -2.12. The average Bonchev–Trinajstić information content (AvgIpc) is 3.13. The van der Waals surface area contributed by atoms with Gasteiger partial charge in [0.25, 0.3) is 5.91 Å². The Morgan fingerprint density at radius 3 is 2.50 bits per heavy atom. The molecule has 1 heterocycles. The first-order valence-electron chi connectivity index (χ1n) is 9.16. The van der Waals surface area contributed by atoms with Crippen LogP contribution in [-0.4, -0.2) is 21.8 Å². The summed E-state index contributed by atoms with van der Waals surface area (Å²) in [7, 11) is 0. The molecule has 9 heteroatoms. The predicted octanol–water partition coefficient (Wildman–Crippen LogP) is 5.81. The normalized spacial score (nSPS) is 11.2. The summed E-state index contributed by atoms with van der Waals surface area (Å²) in [5, 5.41) is 2.54. The van der Waals surface area contributed by atoms with Crippen molar-refractivity contribution in [1.82, 2.24) is 9.55 Å². The standard InChI is InChI=1S/C23H13ClF3N3O2/c1-2-21-29-18-12-14(22(31)28-15-6-4-3-5-7-15)8-10-19(18)30(21)16-9-11-20(17(24)13-16)32-23(25,26)27/h1,3-13H,(H,28,31). The van der Waals surface area contributed by atoms with Crippen LogP contribution in [0.4, 0.5) is 18.9 Å². The van der Waals surface area contributed by atoms with E-state index in [1.54, 1.807) is 47.0 Å². The second-order valence-corrected chi connectivity index (χ2v) is 7.01. The number of halogens is 4. The number of nitrogens with zero attached hydrogens (tertiary/aromatic N) is 2. The van der Waals surface area contributed by atoms with Crippen LogP contribution in [0.3, 0.4) is 0 Å². The Bertz CT molecular complexity index is 1360. The minimum absolute atomic E-state index is 0.196. The smallest absolute Gasteiger partial charge is 0.404 e. The summed E-state index contributed by atoms with van der Waals surface area (Å²) in [6.45, 7) is 0. The predicted molar refractivity (Wildman–Crippen MR) is 115 cm³/mol. The van der Waals surface area contributed by atoms with E-state index in [0.717, 1.165) is 6.07 Å². The van der Waals surface area contributed by atoms with Crippen molar-refractivity contribution in [3.8, 4) is 23.8 Å². The van der Waals surface area contributed by atoms with Gasteiger partial charge in [-0.1, -0.05) is 29.8 Å². The lowest BCUT2D eigenvalue weighted by molar-refractivity contribution is -0.274. The summed E-state index contributed by atoms with van der Waals surface area (Å²) in [6, 6.07) is 17.6. The molecule has 0 saturated carbocycles. The minimum Gasteiger partial charge on any atom is -0.404 e. The average molecular weight is 456 g/mol. The van der Waals surface area contributed by atoms with Crippen LogP contribution in [0.5, 0.6) is 5.75 Å². The number of para-hydroxylation sites is 1. The zero-order valence-electron chi connectivity index (χ0n) is 16.2. The van der Waals surface area contributed by atoms with Crippen LogP contribution in [0.2, 0.25) is 5.02 Å². The number of rotatable bonds is 4. The maximum Gasteiger partial charge on any atom is 0.573 e. The highest BCUT2D eigenvalue weighted by atomic mass is 35.5. The van der Waals surface area contributed by atoms with Gasteiger partial charge in [0, 0.05) is 11.3 Å². The first-order valence-corrected chi connectivity index (χ1v) is 9.54. The van der Waals surface area contributed by atoms with Crippen molar-refractivity contribution in [2.75, 3.05) is 5.32 Å². The molecule has 0 spiro atoms. The molecule has 0 radical (unpaired) electrons. The van der Waals surface area contributed by atoms with Crippen LogP contribution in [0, 0.1) is 12.3 Å². The minimum atomic E-state index is -4.87. The third kappa shape index (κ3) is 4.38. The quantitative estimate of drug-likeness (QED) is 0.395. The van der Waals surface area contributed by atoms with Crippen molar-refractivity contribution >= 4 is 34.2 Å². The Labute approximate surface area is 185 Å². The SMILES string of the molecule is C#Cc1nc2cc(C(=O)Nc3ccccc3)ccc2n1-c1ccc(OC(F)(F)F)c(Cl)c1. The number of hydrogen-bond donors (Lipinski definition) is 1. The van der Waals surface area contributed by atoms with Crippen molar-refractivity contribution in [1.29, 1.82) is 0 Å². The van der Waals surface area contributed by atoms with Gasteiger partial charge < -0.3 is 10.1 Å². The van der Waals surface area contributed by atoms with Gasteiger partial charge in [-0.05, 0) is 54.5 Å². The van der Waals surface area contributed by atoms with E-state index in [-0.39, 0.29) is 16.8 Å². The van der Waals surface area contributed by atoms with Crippen LogP contribution in [0.15, 0.2) is 66.7 Å². The van der Waals surface area contributed by atoms with E-state index in [2.05, 4.69) is 21.0 Å². The number of alkyl halides is 3. The van der Waals surface area contributed by atoms with Gasteiger partial charge >= 0.3 is 6.36 Å². The molecule has 1 amide bonds. The number of aromatic nitrogens is 2. The molecule has 0 unspecified atom stereocenters. The number of amides is 1. The van der Waals surface area contributed by atoms with E-state index in [0.29, 0.717) is 28.0 Å². The molecule has 0 fully saturated rings. The van der Waals surface area contributed by atoms with Gasteiger partial charge in [-0.2, -0.15) is 0 Å². The number of nitrogens with one attached hydrogen (secondary N) is 1. The van der Waals surface area contributed by atoms with Crippen LogP contribution in [0.1, 0.15) is 16.2 Å². The number of benzene rings is 3. The van der Waals surface area contributed by atoms with Crippen molar-refractivity contribution in [3.63, 3.8) is 0 Å². The van der Waals surface area contributed by atoms with Gasteiger partial charge in [0.1, 0.15) is 5.75 Å². The topological polar surface area (TPSA) is 56.2 Å². The molecule has 1 aromatic heterocycles. The first-order chi connectivity index (χ1) is 15.2. The highest BCUT2D eigenvalue weighted by molar-refractivity contribution is 6.32. The van der Waals surface area contributed by atoms with Crippen molar-refractivity contribution in [2.24, 2.45) is 0 Å². The molecule has 5 nitrogen and oxygen atoms in total. The van der Waals surface area contributed by atoms with Crippen LogP contribution >= 0.6 is 11.6 Å². The van der Waals surface area contributed by atoms with E-state index in [1.807, 2.05) is 6.07 Å². The summed E-state index contributed by atoms with van der Waals surface area (Å²) in [6.07, 6.45) is 0.717. The maximum atomic E-state index is 12.6. The van der Waals surface area contributed by atoms with E-state index in [4.69, 9.17) is 18.0 Å². The third-order valence-electron chi connectivity index (χ3n) is 4.48. The third-order valence-corrected chi connectivity index (χ3v) is 4.77. The Morgan fingerprint density at radius 1 is 1.09 bits per heavy atom. The number of hydrogen-bond acceptors (Lipinski definition) is 3. The number of carbonyl (C=O) groups is 1. The summed E-state index contributed by atoms with van der Waals surface area (Å²) < 4.78 is 43.0. The van der Waals surface area contributed by atoms with Gasteiger partial charge in [-0.25, -0.2) is 4.98 Å². The van der Waals surface area contributed by atoms with E-state index in [9.17, 15) is 18.0 Å². The zero-order valence-corrected chi connectivity index (χ0v) is 16.9. The Kier molecular flexibility index (Phi) is 5.51. The Morgan fingerprint density at radius 2 is 1.84 bits per heavy atom. The lowest BCUT2D eigenvalue weighted by atomic mass is 10.1. The van der Waals surface area contributed by atoms with Gasteiger partial charge in [-0.15, -0.1) is 19.6 Å². The molecule has 4 aromatic rings. The van der Waals surface area contributed by atoms with Gasteiger partial charge in [0.2, 0.25) is 0 Å². The monoisotopic (exact) mass is 455 g/mol. The van der Waals surface area contributed by atoms with Crippen molar-refractivity contribution in [3.05, 3.63) is 83.1 Å². The molecule has 0 saturated heterocycles. The number of ether oxygens (including phenoxy) is 1. The summed E-state index contributed by atoms with van der Waals surface area (Å²) >= 11 is 5.98. The Balaban J connectivity index is 1.71. The zero-order chi connectivity index (χ0) is 22.9. The first kappa shape index (κ1) is 21.3. The second-order valence-electron chi connectivity index (χ2n) is 6.60. The molecular formula is C23H13ClF3N3O2. The molecule has 0 aliphatic heterocycles. The fourth-order valence-corrected chi connectivity index (χ4v) is 3.35. The van der Waals surface area contributed by atoms with Crippen LogP contribution in [0.25, 0.3) is 16.7 Å². The van der Waals surface area contributed by atoms with Crippen molar-refractivity contribution in [2.45, 2.75) is 6.36 Å². The summed E-state index contributed by atoms with van der Waals surface area (Å²) in [5.41, 5.74) is 2.38. The highest BCUT2D eigenvalue weighted by Gasteiger charge is 2.32. The highest BCUT2D eigenvalue weighted by Crippen LogP contribution is 2.33. The van der Waals surface area contributed by atoms with Gasteiger partial charge in [0.05, 0.1) is 21.7 Å². The number of fused-ring (bicyclic) bond motifs is 1. The molecular weight excluding hydrogens is 443 g/mol. The largest absolute Gasteiger partial charge is 0.573 e. The molecule has 160 valence electrons. The fraction of sp³-hybridized carbons (Fsp3) is 0.0435. The number of anilines is 1. The summed E-state index contributed by atoms with van der Waals surface area (Å²) in [5.74, 6) is 1.78. The van der Waals surface area contributed by atoms with Crippen LogP contribution < -0.4 is 10.1 Å². The molecule has 0 atom stereocenters.